The van der Waals surface area contributed by atoms with E-state index in [1.54, 1.807) is 18.6 Å². The number of rotatable bonds is 6. The van der Waals surface area contributed by atoms with Gasteiger partial charge in [0.25, 0.3) is 0 Å². The standard InChI is InChI=1S/C21H24ClN7O2/c1-3-29-18(13-8-15(22)20(31-2)23-9-13)27-16-17(24-11-25-19(16)29)26-14-6-7-28(10-14)21(30)12-4-5-12/h8-9,11-12,14H,3-7,10H2,1-2H3,(H,24,25,26)/t14-/m0/s1. The van der Waals surface area contributed by atoms with E-state index < -0.39 is 0 Å². The third-order valence-corrected chi connectivity index (χ3v) is 6.15. The monoisotopic (exact) mass is 441 g/mol. The summed E-state index contributed by atoms with van der Waals surface area (Å²) in [6.45, 7) is 4.20. The summed E-state index contributed by atoms with van der Waals surface area (Å²) in [6, 6.07) is 1.94. The molecule has 1 amide bonds. The molecule has 1 N–H and O–H groups in total. The normalized spacial score (nSPS) is 18.5. The quantitative estimate of drug-likeness (QED) is 0.627. The summed E-state index contributed by atoms with van der Waals surface area (Å²) in [7, 11) is 1.53. The summed E-state index contributed by atoms with van der Waals surface area (Å²) >= 11 is 6.29. The minimum atomic E-state index is 0.146. The number of methoxy groups -OCH3 is 1. The molecule has 31 heavy (non-hydrogen) atoms. The molecule has 0 spiro atoms. The third-order valence-electron chi connectivity index (χ3n) is 5.87. The first-order valence-electron chi connectivity index (χ1n) is 10.6. The van der Waals surface area contributed by atoms with Crippen molar-refractivity contribution in [2.24, 2.45) is 5.92 Å². The number of carbonyl (C=O) groups excluding carboxylic acids is 1. The molecular weight excluding hydrogens is 418 g/mol. The van der Waals surface area contributed by atoms with Crippen LogP contribution in [0.5, 0.6) is 5.88 Å². The van der Waals surface area contributed by atoms with Gasteiger partial charge in [-0.05, 0) is 32.3 Å². The van der Waals surface area contributed by atoms with Gasteiger partial charge in [0.15, 0.2) is 17.0 Å². The average Bonchev–Trinajstić information content (AvgIpc) is 3.40. The number of halogens is 1. The first-order chi connectivity index (χ1) is 15.1. The minimum Gasteiger partial charge on any atom is -0.480 e. The molecule has 0 radical (unpaired) electrons. The van der Waals surface area contributed by atoms with Crippen LogP contribution in [0.2, 0.25) is 5.02 Å². The molecule has 162 valence electrons. The fourth-order valence-corrected chi connectivity index (χ4v) is 4.36. The molecule has 0 aromatic carbocycles. The molecule has 2 aliphatic rings. The van der Waals surface area contributed by atoms with Crippen molar-refractivity contribution >= 4 is 34.5 Å². The van der Waals surface area contributed by atoms with E-state index >= 15 is 0 Å². The van der Waals surface area contributed by atoms with Crippen LogP contribution in [0.1, 0.15) is 26.2 Å². The van der Waals surface area contributed by atoms with Crippen LogP contribution in [0.3, 0.4) is 0 Å². The number of imidazole rings is 1. The predicted molar refractivity (Wildman–Crippen MR) is 117 cm³/mol. The summed E-state index contributed by atoms with van der Waals surface area (Å²) in [6.07, 6.45) is 6.19. The van der Waals surface area contributed by atoms with Crippen molar-refractivity contribution in [2.75, 3.05) is 25.5 Å². The van der Waals surface area contributed by atoms with Crippen LogP contribution in [-0.2, 0) is 11.3 Å². The molecule has 10 heteroatoms. The van der Waals surface area contributed by atoms with Gasteiger partial charge in [0.05, 0.1) is 7.11 Å². The Hall–Kier alpha value is -2.94. The van der Waals surface area contributed by atoms with E-state index in [4.69, 9.17) is 21.3 Å². The Kier molecular flexibility index (Phi) is 5.13. The van der Waals surface area contributed by atoms with Crippen molar-refractivity contribution in [3.63, 3.8) is 0 Å². The second-order valence-corrected chi connectivity index (χ2v) is 8.38. The van der Waals surface area contributed by atoms with E-state index in [0.717, 1.165) is 42.8 Å². The van der Waals surface area contributed by atoms with Crippen molar-refractivity contribution in [2.45, 2.75) is 38.8 Å². The molecule has 1 aliphatic carbocycles. The number of hydrogen-bond donors (Lipinski definition) is 1. The fourth-order valence-electron chi connectivity index (χ4n) is 4.12. The summed E-state index contributed by atoms with van der Waals surface area (Å²) in [5, 5.41) is 3.91. The third kappa shape index (κ3) is 3.67. The lowest BCUT2D eigenvalue weighted by Crippen LogP contribution is -2.32. The van der Waals surface area contributed by atoms with Crippen LogP contribution in [0.25, 0.3) is 22.6 Å². The molecular formula is C21H24ClN7O2. The average molecular weight is 442 g/mol. The Balaban J connectivity index is 1.45. The first kappa shape index (κ1) is 20.0. The van der Waals surface area contributed by atoms with Gasteiger partial charge >= 0.3 is 0 Å². The SMILES string of the molecule is CCn1c(-c2cnc(OC)c(Cl)c2)nc2c(N[C@H]3CCN(C(=O)C4CC4)C3)ncnc21. The van der Waals surface area contributed by atoms with Crippen molar-refractivity contribution in [1.29, 1.82) is 0 Å². The lowest BCUT2D eigenvalue weighted by atomic mass is 10.2. The summed E-state index contributed by atoms with van der Waals surface area (Å²) in [5.74, 6) is 2.31. The van der Waals surface area contributed by atoms with Gasteiger partial charge in [0.2, 0.25) is 11.8 Å². The highest BCUT2D eigenvalue weighted by Crippen LogP contribution is 2.33. The highest BCUT2D eigenvalue weighted by atomic mass is 35.5. The predicted octanol–water partition coefficient (Wildman–Crippen LogP) is 2.99. The highest BCUT2D eigenvalue weighted by molar-refractivity contribution is 6.32. The summed E-state index contributed by atoms with van der Waals surface area (Å²) in [4.78, 5) is 32.4. The second kappa shape index (κ2) is 7.96. The topological polar surface area (TPSA) is 98.1 Å². The van der Waals surface area contributed by atoms with Crippen LogP contribution < -0.4 is 10.1 Å². The lowest BCUT2D eigenvalue weighted by Gasteiger charge is -2.17. The largest absolute Gasteiger partial charge is 0.480 e. The Morgan fingerprint density at radius 1 is 1.29 bits per heavy atom. The number of nitrogens with one attached hydrogen (secondary N) is 1. The maximum Gasteiger partial charge on any atom is 0.232 e. The zero-order valence-corrected chi connectivity index (χ0v) is 18.3. The Labute approximate surface area is 184 Å². The van der Waals surface area contributed by atoms with Gasteiger partial charge in [-0.15, -0.1) is 0 Å². The van der Waals surface area contributed by atoms with Crippen LogP contribution in [0.15, 0.2) is 18.6 Å². The second-order valence-electron chi connectivity index (χ2n) is 7.98. The number of amides is 1. The number of likely N-dealkylation sites (tertiary alicyclic amines) is 1. The van der Waals surface area contributed by atoms with Crippen LogP contribution >= 0.6 is 11.6 Å². The molecule has 0 unspecified atom stereocenters. The van der Waals surface area contributed by atoms with Gasteiger partial charge < -0.3 is 19.5 Å². The number of nitrogens with zero attached hydrogens (tertiary/aromatic N) is 6. The van der Waals surface area contributed by atoms with Crippen LogP contribution in [0.4, 0.5) is 5.82 Å². The molecule has 1 saturated heterocycles. The van der Waals surface area contributed by atoms with Gasteiger partial charge in [-0.3, -0.25) is 4.79 Å². The van der Waals surface area contributed by atoms with E-state index in [1.807, 2.05) is 16.4 Å². The number of aryl methyl sites for hydroxylation is 1. The number of anilines is 1. The van der Waals surface area contributed by atoms with Crippen molar-refractivity contribution < 1.29 is 9.53 Å². The van der Waals surface area contributed by atoms with Gasteiger partial charge in [0, 0.05) is 43.4 Å². The van der Waals surface area contributed by atoms with Gasteiger partial charge in [-0.25, -0.2) is 19.9 Å². The lowest BCUT2D eigenvalue weighted by molar-refractivity contribution is -0.131. The van der Waals surface area contributed by atoms with Crippen LogP contribution in [-0.4, -0.2) is 61.6 Å². The number of pyridine rings is 1. The van der Waals surface area contributed by atoms with E-state index in [2.05, 4.69) is 20.3 Å². The molecule has 1 atom stereocenters. The number of ether oxygens (including phenoxy) is 1. The molecule has 5 rings (SSSR count). The Morgan fingerprint density at radius 3 is 2.84 bits per heavy atom. The fraction of sp³-hybridized carbons (Fsp3) is 0.476. The number of carbonyl (C=O) groups is 1. The molecule has 1 saturated carbocycles. The zero-order chi connectivity index (χ0) is 21.5. The smallest absolute Gasteiger partial charge is 0.232 e. The molecule has 3 aromatic heterocycles. The summed E-state index contributed by atoms with van der Waals surface area (Å²) < 4.78 is 7.17. The van der Waals surface area contributed by atoms with Crippen molar-refractivity contribution in [3.8, 4) is 17.3 Å². The maximum absolute atomic E-state index is 12.4. The van der Waals surface area contributed by atoms with E-state index in [1.165, 1.54) is 7.11 Å². The van der Waals surface area contributed by atoms with Crippen LogP contribution in [0, 0.1) is 5.92 Å². The highest BCUT2D eigenvalue weighted by Gasteiger charge is 2.36. The van der Waals surface area contributed by atoms with Gasteiger partial charge in [-0.2, -0.15) is 0 Å². The maximum atomic E-state index is 12.4. The zero-order valence-electron chi connectivity index (χ0n) is 17.5. The summed E-state index contributed by atoms with van der Waals surface area (Å²) in [5.41, 5.74) is 2.21. The van der Waals surface area contributed by atoms with Crippen molar-refractivity contribution in [1.82, 2.24) is 29.4 Å². The molecule has 2 fully saturated rings. The van der Waals surface area contributed by atoms with E-state index in [0.29, 0.717) is 41.2 Å². The van der Waals surface area contributed by atoms with Crippen molar-refractivity contribution in [3.05, 3.63) is 23.6 Å². The number of fused-ring (bicyclic) bond motifs is 1. The molecule has 9 nitrogen and oxygen atoms in total. The molecule has 4 heterocycles. The minimum absolute atomic E-state index is 0.146. The number of aromatic nitrogens is 5. The van der Waals surface area contributed by atoms with Gasteiger partial charge in [0.1, 0.15) is 17.2 Å². The molecule has 3 aromatic rings. The Morgan fingerprint density at radius 2 is 2.13 bits per heavy atom. The van der Waals surface area contributed by atoms with E-state index in [-0.39, 0.29) is 12.0 Å². The molecule has 1 aliphatic heterocycles. The molecule has 0 bridgehead atoms. The van der Waals surface area contributed by atoms with E-state index in [9.17, 15) is 4.79 Å². The number of hydrogen-bond acceptors (Lipinski definition) is 7. The Bertz CT molecular complexity index is 1140. The first-order valence-corrected chi connectivity index (χ1v) is 10.9. The van der Waals surface area contributed by atoms with Gasteiger partial charge in [-0.1, -0.05) is 11.6 Å².